The second kappa shape index (κ2) is 6.66. The van der Waals surface area contributed by atoms with Crippen LogP contribution in [0.25, 0.3) is 0 Å². The summed E-state index contributed by atoms with van der Waals surface area (Å²) in [7, 11) is 0. The van der Waals surface area contributed by atoms with Gasteiger partial charge in [0.25, 0.3) is 0 Å². The number of hydrogen-bond donors (Lipinski definition) is 0. The van der Waals surface area contributed by atoms with Crippen LogP contribution in [0.2, 0.25) is 0 Å². The number of carbonyl (C=O) groups excluding carboxylic acids is 1. The van der Waals surface area contributed by atoms with Gasteiger partial charge in [-0.05, 0) is 40.8 Å². The van der Waals surface area contributed by atoms with E-state index in [1.807, 2.05) is 0 Å². The van der Waals surface area contributed by atoms with Crippen molar-refractivity contribution in [1.82, 2.24) is 0 Å². The summed E-state index contributed by atoms with van der Waals surface area (Å²) >= 11 is 1.65. The minimum Gasteiger partial charge on any atom is -0.414 e. The maximum Gasteiger partial charge on any atom is 0.344 e. The van der Waals surface area contributed by atoms with Gasteiger partial charge in [0.05, 0.1) is 25.7 Å². The van der Waals surface area contributed by atoms with Crippen LogP contribution in [-0.4, -0.2) is 10.9 Å². The molecule has 0 aliphatic heterocycles. The van der Waals surface area contributed by atoms with E-state index in [1.54, 1.807) is 28.7 Å². The lowest BCUT2D eigenvalue weighted by Crippen LogP contribution is -2.11. The molecule has 2 aromatic carbocycles. The molecule has 116 valence electrons. The number of ether oxygens (including phenoxy) is 1. The largest absolute Gasteiger partial charge is 0.414 e. The quantitative estimate of drug-likeness (QED) is 0.244. The van der Waals surface area contributed by atoms with E-state index in [1.165, 1.54) is 6.07 Å². The molecule has 9 heteroatoms. The Morgan fingerprint density at radius 2 is 1.83 bits per heavy atom. The molecule has 0 atom stereocenters. The van der Waals surface area contributed by atoms with Crippen molar-refractivity contribution in [2.24, 2.45) is 0 Å². The SMILES string of the molecule is N#Cc1cc(I)c(OC(=O)c2cc(F)cc(F)c2)c([N+](=O)[O-])c1. The van der Waals surface area contributed by atoms with Gasteiger partial charge < -0.3 is 4.74 Å². The second-order valence-electron chi connectivity index (χ2n) is 4.22. The molecule has 6 nitrogen and oxygen atoms in total. The smallest absolute Gasteiger partial charge is 0.344 e. The van der Waals surface area contributed by atoms with Gasteiger partial charge in [-0.1, -0.05) is 0 Å². The highest BCUT2D eigenvalue weighted by atomic mass is 127. The lowest BCUT2D eigenvalue weighted by molar-refractivity contribution is -0.385. The molecule has 0 aliphatic carbocycles. The lowest BCUT2D eigenvalue weighted by Gasteiger charge is -2.08. The number of carbonyl (C=O) groups is 1. The van der Waals surface area contributed by atoms with E-state index in [-0.39, 0.29) is 9.13 Å². The summed E-state index contributed by atoms with van der Waals surface area (Å²) in [5.74, 6) is -3.53. The minimum absolute atomic E-state index is 0.0118. The van der Waals surface area contributed by atoms with E-state index in [0.29, 0.717) is 6.07 Å². The minimum atomic E-state index is -1.16. The summed E-state index contributed by atoms with van der Waals surface area (Å²) < 4.78 is 31.3. The highest BCUT2D eigenvalue weighted by Crippen LogP contribution is 2.34. The van der Waals surface area contributed by atoms with Crippen LogP contribution < -0.4 is 4.74 Å². The number of esters is 1. The monoisotopic (exact) mass is 430 g/mol. The van der Waals surface area contributed by atoms with Crippen LogP contribution in [-0.2, 0) is 0 Å². The Bertz CT molecular complexity index is 844. The molecule has 0 N–H and O–H groups in total. The van der Waals surface area contributed by atoms with E-state index < -0.39 is 39.5 Å². The van der Waals surface area contributed by atoms with Gasteiger partial charge in [-0.2, -0.15) is 5.26 Å². The maximum absolute atomic E-state index is 13.1. The van der Waals surface area contributed by atoms with Crippen molar-refractivity contribution in [2.75, 3.05) is 0 Å². The van der Waals surface area contributed by atoms with Crippen LogP contribution in [0.5, 0.6) is 5.75 Å². The van der Waals surface area contributed by atoms with E-state index in [9.17, 15) is 23.7 Å². The zero-order valence-electron chi connectivity index (χ0n) is 11.0. The Hall–Kier alpha value is -2.61. The first-order valence-corrected chi connectivity index (χ1v) is 6.96. The van der Waals surface area contributed by atoms with Crippen molar-refractivity contribution >= 4 is 34.2 Å². The number of nitrogens with zero attached hydrogens (tertiary/aromatic N) is 2. The summed E-state index contributed by atoms with van der Waals surface area (Å²) in [6, 6.07) is 6.02. The third kappa shape index (κ3) is 3.78. The van der Waals surface area contributed by atoms with Gasteiger partial charge in [0, 0.05) is 12.1 Å². The lowest BCUT2D eigenvalue weighted by atomic mass is 10.2. The zero-order chi connectivity index (χ0) is 17.1. The number of nitro benzene ring substituents is 1. The molecule has 0 radical (unpaired) electrons. The van der Waals surface area contributed by atoms with E-state index in [0.717, 1.165) is 18.2 Å². The Balaban J connectivity index is 2.45. The van der Waals surface area contributed by atoms with Gasteiger partial charge in [0.1, 0.15) is 11.6 Å². The number of rotatable bonds is 3. The molecular formula is C14H5F2IN2O4. The standard InChI is InChI=1S/C14H5F2IN2O4/c15-9-3-8(4-10(16)5-9)14(20)23-13-11(17)1-7(6-18)2-12(13)19(21)22/h1-5H. The van der Waals surface area contributed by atoms with Gasteiger partial charge >= 0.3 is 11.7 Å². The van der Waals surface area contributed by atoms with Crippen molar-refractivity contribution in [3.05, 3.63) is 66.8 Å². The van der Waals surface area contributed by atoms with E-state index in [4.69, 9.17) is 10.00 Å². The van der Waals surface area contributed by atoms with Gasteiger partial charge in [-0.15, -0.1) is 0 Å². The molecule has 23 heavy (non-hydrogen) atoms. The Labute approximate surface area is 141 Å². The average molecular weight is 430 g/mol. The molecular weight excluding hydrogens is 425 g/mol. The summed E-state index contributed by atoms with van der Waals surface area (Å²) in [4.78, 5) is 22.2. The first-order valence-electron chi connectivity index (χ1n) is 5.88. The van der Waals surface area contributed by atoms with Crippen LogP contribution in [0.3, 0.4) is 0 Å². The first kappa shape index (κ1) is 16.8. The third-order valence-corrected chi connectivity index (χ3v) is 3.44. The highest BCUT2D eigenvalue weighted by molar-refractivity contribution is 14.1. The normalized spacial score (nSPS) is 10.0. The van der Waals surface area contributed by atoms with Crippen LogP contribution in [0.4, 0.5) is 14.5 Å². The molecule has 0 unspecified atom stereocenters. The van der Waals surface area contributed by atoms with Gasteiger partial charge in [-0.3, -0.25) is 10.1 Å². The van der Waals surface area contributed by atoms with Crippen LogP contribution in [0, 0.1) is 36.7 Å². The first-order chi connectivity index (χ1) is 10.8. The molecule has 0 heterocycles. The number of nitriles is 1. The fourth-order valence-electron chi connectivity index (χ4n) is 1.70. The van der Waals surface area contributed by atoms with Crippen LogP contribution >= 0.6 is 22.6 Å². The Morgan fingerprint density at radius 1 is 1.22 bits per heavy atom. The second-order valence-corrected chi connectivity index (χ2v) is 5.39. The van der Waals surface area contributed by atoms with E-state index in [2.05, 4.69) is 0 Å². The molecule has 0 amide bonds. The number of halogens is 3. The van der Waals surface area contributed by atoms with Crippen molar-refractivity contribution in [1.29, 1.82) is 5.26 Å². The van der Waals surface area contributed by atoms with Crippen molar-refractivity contribution in [2.45, 2.75) is 0 Å². The zero-order valence-corrected chi connectivity index (χ0v) is 13.2. The summed E-state index contributed by atoms with van der Waals surface area (Å²) in [5.41, 5.74) is -1.02. The van der Waals surface area contributed by atoms with Crippen molar-refractivity contribution in [3.8, 4) is 11.8 Å². The van der Waals surface area contributed by atoms with Gasteiger partial charge in [0.15, 0.2) is 0 Å². The highest BCUT2D eigenvalue weighted by Gasteiger charge is 2.24. The van der Waals surface area contributed by atoms with Crippen molar-refractivity contribution in [3.63, 3.8) is 0 Å². The molecule has 0 bridgehead atoms. The molecule has 2 aromatic rings. The molecule has 0 saturated carbocycles. The van der Waals surface area contributed by atoms with E-state index >= 15 is 0 Å². The molecule has 0 aliphatic rings. The number of hydrogen-bond acceptors (Lipinski definition) is 5. The fourth-order valence-corrected chi connectivity index (χ4v) is 2.43. The predicted molar refractivity (Wildman–Crippen MR) is 81.8 cm³/mol. The Kier molecular flexibility index (Phi) is 4.85. The topological polar surface area (TPSA) is 93.2 Å². The van der Waals surface area contributed by atoms with Crippen molar-refractivity contribution < 1.29 is 23.2 Å². The molecule has 0 spiro atoms. The average Bonchev–Trinajstić information content (AvgIpc) is 2.47. The molecule has 0 fully saturated rings. The molecule has 2 rings (SSSR count). The summed E-state index contributed by atoms with van der Waals surface area (Å²) in [5, 5.41) is 19.9. The van der Waals surface area contributed by atoms with Gasteiger partial charge in [0.2, 0.25) is 5.75 Å². The summed E-state index contributed by atoms with van der Waals surface area (Å²) in [6.07, 6.45) is 0. The third-order valence-electron chi connectivity index (χ3n) is 2.64. The molecule has 0 aromatic heterocycles. The fraction of sp³-hybridized carbons (Fsp3) is 0. The van der Waals surface area contributed by atoms with Crippen LogP contribution in [0.15, 0.2) is 30.3 Å². The summed E-state index contributed by atoms with van der Waals surface area (Å²) in [6.45, 7) is 0. The number of benzene rings is 2. The molecule has 0 saturated heterocycles. The van der Waals surface area contributed by atoms with Gasteiger partial charge in [-0.25, -0.2) is 13.6 Å². The Morgan fingerprint density at radius 3 is 2.35 bits per heavy atom. The maximum atomic E-state index is 13.1. The predicted octanol–water partition coefficient (Wildman–Crippen LogP) is 3.57. The number of nitro groups is 1. The van der Waals surface area contributed by atoms with Crippen LogP contribution in [0.1, 0.15) is 15.9 Å².